The second-order valence-corrected chi connectivity index (χ2v) is 4.58. The largest absolute Gasteiger partial charge is 0.262 e. The molecule has 0 radical (unpaired) electrons. The van der Waals surface area contributed by atoms with Gasteiger partial charge in [0.15, 0.2) is 0 Å². The standard InChI is InChI=1S/C7H4ClNO2S.ClH/c8-12(10,11)7-4-2-1-3-6(7)5-9;/h1-4H;1H. The molecule has 0 heterocycles. The Labute approximate surface area is 86.8 Å². The lowest BCUT2D eigenvalue weighted by molar-refractivity contribution is 0.609. The number of nitriles is 1. The second-order valence-electron chi connectivity index (χ2n) is 2.05. The van der Waals surface area contributed by atoms with Crippen molar-refractivity contribution in [1.29, 1.82) is 5.26 Å². The van der Waals surface area contributed by atoms with Crippen LogP contribution in [0.4, 0.5) is 0 Å². The van der Waals surface area contributed by atoms with E-state index in [1.54, 1.807) is 12.1 Å². The van der Waals surface area contributed by atoms with E-state index in [0.29, 0.717) is 0 Å². The van der Waals surface area contributed by atoms with Crippen molar-refractivity contribution in [2.45, 2.75) is 4.90 Å². The van der Waals surface area contributed by atoms with Crippen molar-refractivity contribution in [2.24, 2.45) is 0 Å². The van der Waals surface area contributed by atoms with E-state index in [1.165, 1.54) is 18.2 Å². The molecule has 0 N–H and O–H groups in total. The third-order valence-electron chi connectivity index (χ3n) is 1.27. The van der Waals surface area contributed by atoms with Crippen molar-refractivity contribution in [3.63, 3.8) is 0 Å². The lowest BCUT2D eigenvalue weighted by Gasteiger charge is -1.96. The molecule has 0 aliphatic carbocycles. The van der Waals surface area contributed by atoms with Gasteiger partial charge in [0.25, 0.3) is 9.05 Å². The van der Waals surface area contributed by atoms with E-state index in [4.69, 9.17) is 15.9 Å². The van der Waals surface area contributed by atoms with Gasteiger partial charge in [-0.1, -0.05) is 12.1 Å². The van der Waals surface area contributed by atoms with Crippen molar-refractivity contribution in [3.05, 3.63) is 29.8 Å². The SMILES string of the molecule is Cl.N#Cc1ccccc1S(=O)(=O)Cl. The highest BCUT2D eigenvalue weighted by atomic mass is 35.7. The number of nitrogens with zero attached hydrogens (tertiary/aromatic N) is 1. The van der Waals surface area contributed by atoms with Crippen LogP contribution in [0.3, 0.4) is 0 Å². The first-order valence-corrected chi connectivity index (χ1v) is 5.30. The first-order chi connectivity index (χ1) is 5.55. The topological polar surface area (TPSA) is 57.9 Å². The molecule has 0 aliphatic heterocycles. The van der Waals surface area contributed by atoms with Crippen LogP contribution in [0.15, 0.2) is 29.2 Å². The van der Waals surface area contributed by atoms with E-state index in [9.17, 15) is 8.42 Å². The summed E-state index contributed by atoms with van der Waals surface area (Å²) < 4.78 is 21.7. The molecule has 0 bridgehead atoms. The van der Waals surface area contributed by atoms with Crippen LogP contribution in [0.5, 0.6) is 0 Å². The molecule has 3 nitrogen and oxygen atoms in total. The molecule has 0 unspecified atom stereocenters. The van der Waals surface area contributed by atoms with Crippen molar-refractivity contribution in [3.8, 4) is 6.07 Å². The maximum Gasteiger partial charge on any atom is 0.262 e. The van der Waals surface area contributed by atoms with Gasteiger partial charge in [-0.25, -0.2) is 8.42 Å². The molecule has 0 atom stereocenters. The maximum absolute atomic E-state index is 10.8. The van der Waals surface area contributed by atoms with Gasteiger partial charge in [-0.15, -0.1) is 12.4 Å². The van der Waals surface area contributed by atoms with Crippen LogP contribution in [0.1, 0.15) is 5.56 Å². The Morgan fingerprint density at radius 1 is 1.31 bits per heavy atom. The van der Waals surface area contributed by atoms with Crippen molar-refractivity contribution < 1.29 is 8.42 Å². The second kappa shape index (κ2) is 4.47. The molecule has 0 spiro atoms. The molecule has 0 aliphatic rings. The molecule has 1 aromatic carbocycles. The van der Waals surface area contributed by atoms with Crippen LogP contribution in [0, 0.1) is 11.3 Å². The van der Waals surface area contributed by atoms with Gasteiger partial charge in [-0.05, 0) is 12.1 Å². The number of benzene rings is 1. The fraction of sp³-hybridized carbons (Fsp3) is 0. The van der Waals surface area contributed by atoms with E-state index < -0.39 is 9.05 Å². The van der Waals surface area contributed by atoms with Crippen molar-refractivity contribution in [2.75, 3.05) is 0 Å². The number of rotatable bonds is 1. The van der Waals surface area contributed by atoms with Crippen molar-refractivity contribution in [1.82, 2.24) is 0 Å². The summed E-state index contributed by atoms with van der Waals surface area (Å²) in [5.74, 6) is 0. The fourth-order valence-electron chi connectivity index (χ4n) is 0.772. The molecule has 1 aromatic rings. The summed E-state index contributed by atoms with van der Waals surface area (Å²) in [6.07, 6.45) is 0. The molecule has 0 fully saturated rings. The summed E-state index contributed by atoms with van der Waals surface area (Å²) in [5.41, 5.74) is 0.0625. The van der Waals surface area contributed by atoms with Gasteiger partial charge < -0.3 is 0 Å². The zero-order valence-corrected chi connectivity index (χ0v) is 8.66. The van der Waals surface area contributed by atoms with Gasteiger partial charge in [0.2, 0.25) is 0 Å². The molecule has 13 heavy (non-hydrogen) atoms. The third kappa shape index (κ3) is 2.88. The molecule has 0 saturated carbocycles. The van der Waals surface area contributed by atoms with E-state index >= 15 is 0 Å². The summed E-state index contributed by atoms with van der Waals surface area (Å²) in [4.78, 5) is -0.144. The van der Waals surface area contributed by atoms with Gasteiger partial charge in [0.05, 0.1) is 5.56 Å². The van der Waals surface area contributed by atoms with Gasteiger partial charge in [-0.2, -0.15) is 5.26 Å². The van der Waals surface area contributed by atoms with E-state index in [2.05, 4.69) is 0 Å². The number of hydrogen-bond acceptors (Lipinski definition) is 3. The van der Waals surface area contributed by atoms with Crippen molar-refractivity contribution >= 4 is 32.1 Å². The van der Waals surface area contributed by atoms with Crippen LogP contribution in [-0.4, -0.2) is 8.42 Å². The highest BCUT2D eigenvalue weighted by molar-refractivity contribution is 8.13. The molecule has 0 aromatic heterocycles. The van der Waals surface area contributed by atoms with Crippen LogP contribution in [0.2, 0.25) is 0 Å². The number of hydrogen-bond donors (Lipinski definition) is 0. The minimum Gasteiger partial charge on any atom is -0.207 e. The Kier molecular flexibility index (Phi) is 4.21. The van der Waals surface area contributed by atoms with E-state index in [-0.39, 0.29) is 22.9 Å². The predicted octanol–water partition coefficient (Wildman–Crippen LogP) is 1.91. The van der Waals surface area contributed by atoms with Gasteiger partial charge in [-0.3, -0.25) is 0 Å². The monoisotopic (exact) mass is 237 g/mol. The first kappa shape index (κ1) is 12.2. The summed E-state index contributed by atoms with van der Waals surface area (Å²) in [7, 11) is 1.27. The van der Waals surface area contributed by atoms with E-state index in [1.807, 2.05) is 0 Å². The molecule has 0 amide bonds. The normalized spacial score (nSPS) is 9.85. The maximum atomic E-state index is 10.8. The van der Waals surface area contributed by atoms with Crippen LogP contribution in [0.25, 0.3) is 0 Å². The zero-order valence-electron chi connectivity index (χ0n) is 6.27. The van der Waals surface area contributed by atoms with Gasteiger partial charge >= 0.3 is 0 Å². The molecule has 0 saturated heterocycles. The summed E-state index contributed by atoms with van der Waals surface area (Å²) >= 11 is 0. The molecule has 1 rings (SSSR count). The summed E-state index contributed by atoms with van der Waals surface area (Å²) in [5, 5.41) is 8.51. The lowest BCUT2D eigenvalue weighted by atomic mass is 10.2. The predicted molar refractivity (Wildman–Crippen MR) is 51.4 cm³/mol. The molecule has 6 heteroatoms. The Morgan fingerprint density at radius 2 is 1.85 bits per heavy atom. The fourth-order valence-corrected chi connectivity index (χ4v) is 1.79. The number of halogens is 2. The third-order valence-corrected chi connectivity index (χ3v) is 2.65. The Morgan fingerprint density at radius 3 is 2.23 bits per heavy atom. The summed E-state index contributed by atoms with van der Waals surface area (Å²) in [6.45, 7) is 0. The zero-order chi connectivity index (χ0) is 9.19. The quantitative estimate of drug-likeness (QED) is 0.702. The Bertz CT molecular complexity index is 436. The summed E-state index contributed by atoms with van der Waals surface area (Å²) in [6, 6.07) is 7.51. The van der Waals surface area contributed by atoms with Gasteiger partial charge in [0.1, 0.15) is 11.0 Å². The van der Waals surface area contributed by atoms with E-state index in [0.717, 1.165) is 0 Å². The first-order valence-electron chi connectivity index (χ1n) is 2.99. The highest BCUT2D eigenvalue weighted by Crippen LogP contribution is 2.18. The molecular weight excluding hydrogens is 233 g/mol. The Balaban J connectivity index is 0.00000144. The smallest absolute Gasteiger partial charge is 0.207 e. The average molecular weight is 238 g/mol. The van der Waals surface area contributed by atoms with Gasteiger partial charge in [0, 0.05) is 10.7 Å². The molecular formula is C7H5Cl2NO2S. The van der Waals surface area contributed by atoms with Crippen LogP contribution >= 0.6 is 23.1 Å². The minimum absolute atomic E-state index is 0. The molecule has 70 valence electrons. The average Bonchev–Trinajstić information content (AvgIpc) is 2.03. The Hall–Kier alpha value is -0.760. The van der Waals surface area contributed by atoms with Crippen LogP contribution < -0.4 is 0 Å². The lowest BCUT2D eigenvalue weighted by Crippen LogP contribution is -1.93. The minimum atomic E-state index is -3.80. The highest BCUT2D eigenvalue weighted by Gasteiger charge is 2.13. The van der Waals surface area contributed by atoms with Crippen LogP contribution in [-0.2, 0) is 9.05 Å².